The minimum Gasteiger partial charge on any atom is -0.508 e. The number of carbonyl (C=O) groups is 2. The summed E-state index contributed by atoms with van der Waals surface area (Å²) >= 11 is 1.48. The van der Waals surface area contributed by atoms with Gasteiger partial charge < -0.3 is 25.2 Å². The lowest BCUT2D eigenvalue weighted by Gasteiger charge is -2.31. The molecule has 3 N–H and O–H groups in total. The Morgan fingerprint density at radius 2 is 1.76 bits per heavy atom. The molecular formula is C27H31N3O7S. The van der Waals surface area contributed by atoms with Crippen LogP contribution < -0.4 is 10.6 Å². The third-order valence-electron chi connectivity index (χ3n) is 5.81. The van der Waals surface area contributed by atoms with Gasteiger partial charge in [-0.05, 0) is 32.4 Å². The fourth-order valence-electron chi connectivity index (χ4n) is 4.16. The van der Waals surface area contributed by atoms with Crippen molar-refractivity contribution in [1.82, 2.24) is 10.6 Å². The van der Waals surface area contributed by atoms with Crippen molar-refractivity contribution in [2.24, 2.45) is 0 Å². The van der Waals surface area contributed by atoms with Gasteiger partial charge >= 0.3 is 11.9 Å². The van der Waals surface area contributed by atoms with Crippen LogP contribution in [0.25, 0.3) is 0 Å². The summed E-state index contributed by atoms with van der Waals surface area (Å²) in [5.74, 6) is -1.08. The highest BCUT2D eigenvalue weighted by atomic mass is 32.2. The van der Waals surface area contributed by atoms with Gasteiger partial charge in [-0.3, -0.25) is 10.1 Å². The number of ether oxygens (including phenoxy) is 2. The van der Waals surface area contributed by atoms with Gasteiger partial charge in [-0.25, -0.2) is 9.59 Å². The first-order valence-corrected chi connectivity index (χ1v) is 13.3. The maximum absolute atomic E-state index is 13.3. The average Bonchev–Trinajstić information content (AvgIpc) is 2.89. The van der Waals surface area contributed by atoms with Crippen LogP contribution in [0.15, 0.2) is 71.1 Å². The second kappa shape index (κ2) is 13.6. The summed E-state index contributed by atoms with van der Waals surface area (Å²) in [5.41, 5.74) is 2.45. The largest absolute Gasteiger partial charge is 0.508 e. The van der Waals surface area contributed by atoms with Gasteiger partial charge in [-0.2, -0.15) is 0 Å². The topological polar surface area (TPSA) is 140 Å². The molecule has 1 aliphatic rings. The molecule has 2 aromatic carbocycles. The number of esters is 2. The molecule has 0 aliphatic carbocycles. The van der Waals surface area contributed by atoms with Gasteiger partial charge in [0.15, 0.2) is 0 Å². The first-order valence-electron chi connectivity index (χ1n) is 12.1. The Labute approximate surface area is 225 Å². The summed E-state index contributed by atoms with van der Waals surface area (Å²) in [6, 6.07) is 12.9. The molecule has 38 heavy (non-hydrogen) atoms. The van der Waals surface area contributed by atoms with Crippen LogP contribution in [-0.4, -0.2) is 46.8 Å². The van der Waals surface area contributed by atoms with E-state index in [4.69, 9.17) is 9.47 Å². The Kier molecular flexibility index (Phi) is 10.3. The molecule has 0 fully saturated rings. The van der Waals surface area contributed by atoms with Crippen LogP contribution in [0.3, 0.4) is 0 Å². The molecule has 0 bridgehead atoms. The number of phenolic OH excluding ortho intramolecular Hbond substituents is 1. The molecule has 0 amide bonds. The predicted octanol–water partition coefficient (Wildman–Crippen LogP) is 4.12. The van der Waals surface area contributed by atoms with Crippen LogP contribution >= 0.6 is 11.8 Å². The fraction of sp³-hybridized carbons (Fsp3) is 0.333. The molecule has 0 saturated heterocycles. The molecule has 1 aliphatic heterocycles. The van der Waals surface area contributed by atoms with Gasteiger partial charge in [-0.1, -0.05) is 30.3 Å². The summed E-state index contributed by atoms with van der Waals surface area (Å²) in [7, 11) is 0. The van der Waals surface area contributed by atoms with Crippen molar-refractivity contribution in [1.29, 1.82) is 0 Å². The van der Waals surface area contributed by atoms with Gasteiger partial charge in [-0.15, -0.1) is 11.8 Å². The summed E-state index contributed by atoms with van der Waals surface area (Å²) in [4.78, 5) is 37.3. The molecule has 2 aromatic rings. The number of nitro benzene ring substituents is 1. The van der Waals surface area contributed by atoms with Crippen LogP contribution in [0.4, 0.5) is 5.69 Å². The van der Waals surface area contributed by atoms with Crippen LogP contribution in [0.5, 0.6) is 5.75 Å². The van der Waals surface area contributed by atoms with Gasteiger partial charge in [0.25, 0.3) is 5.69 Å². The molecule has 0 saturated carbocycles. The lowest BCUT2D eigenvalue weighted by Crippen LogP contribution is -2.34. The highest BCUT2D eigenvalue weighted by Crippen LogP contribution is 2.40. The number of non-ortho nitro benzene ring substituents is 1. The lowest BCUT2D eigenvalue weighted by molar-refractivity contribution is -0.384. The molecule has 1 heterocycles. The maximum Gasteiger partial charge on any atom is 0.336 e. The third kappa shape index (κ3) is 6.93. The third-order valence-corrected chi connectivity index (χ3v) is 6.71. The molecule has 0 aromatic heterocycles. The minimum atomic E-state index is -0.918. The number of phenols is 1. The van der Waals surface area contributed by atoms with Crippen molar-refractivity contribution < 1.29 is 29.1 Å². The minimum absolute atomic E-state index is 0.115. The predicted molar refractivity (Wildman–Crippen MR) is 144 cm³/mol. The molecule has 202 valence electrons. The summed E-state index contributed by atoms with van der Waals surface area (Å²) < 4.78 is 10.7. The number of allylic oxidation sites excluding steroid dienone is 1. The second-order valence-corrected chi connectivity index (χ2v) is 9.32. The quantitative estimate of drug-likeness (QED) is 0.118. The molecule has 0 radical (unpaired) electrons. The van der Waals surface area contributed by atoms with E-state index in [1.807, 2.05) is 12.1 Å². The number of hydrogen-bond donors (Lipinski definition) is 3. The van der Waals surface area contributed by atoms with Gasteiger partial charge in [0.1, 0.15) is 5.75 Å². The van der Waals surface area contributed by atoms with E-state index in [0.29, 0.717) is 35.1 Å². The van der Waals surface area contributed by atoms with Crippen molar-refractivity contribution in [3.8, 4) is 5.75 Å². The van der Waals surface area contributed by atoms with Crippen molar-refractivity contribution in [3.63, 3.8) is 0 Å². The van der Waals surface area contributed by atoms with Crippen molar-refractivity contribution in [2.75, 3.05) is 24.8 Å². The van der Waals surface area contributed by atoms with Crippen LogP contribution in [0.2, 0.25) is 0 Å². The SMILES string of the molecule is CCOC(=O)C1=C(C)NC(CSCNCc2ccccc2O)=C(C(=O)OCC)C1c1cccc([N+](=O)[O-])c1. The number of aromatic hydroxyl groups is 1. The zero-order valence-corrected chi connectivity index (χ0v) is 22.3. The molecular weight excluding hydrogens is 510 g/mol. The lowest BCUT2D eigenvalue weighted by atomic mass is 9.80. The Morgan fingerprint density at radius 3 is 2.42 bits per heavy atom. The van der Waals surface area contributed by atoms with E-state index in [9.17, 15) is 24.8 Å². The van der Waals surface area contributed by atoms with E-state index in [1.54, 1.807) is 39.0 Å². The highest BCUT2D eigenvalue weighted by molar-refractivity contribution is 7.99. The first kappa shape index (κ1) is 28.7. The summed E-state index contributed by atoms with van der Waals surface area (Å²) in [5, 5.41) is 27.9. The fourth-order valence-corrected chi connectivity index (χ4v) is 4.94. The van der Waals surface area contributed by atoms with Crippen LogP contribution in [-0.2, 0) is 25.6 Å². The monoisotopic (exact) mass is 541 g/mol. The maximum atomic E-state index is 13.3. The number of carbonyl (C=O) groups excluding carboxylic acids is 2. The zero-order valence-electron chi connectivity index (χ0n) is 21.5. The van der Waals surface area contributed by atoms with Gasteiger partial charge in [0.05, 0.1) is 35.2 Å². The van der Waals surface area contributed by atoms with E-state index < -0.39 is 22.8 Å². The van der Waals surface area contributed by atoms with E-state index in [2.05, 4.69) is 10.6 Å². The molecule has 11 heteroatoms. The highest BCUT2D eigenvalue weighted by Gasteiger charge is 2.39. The van der Waals surface area contributed by atoms with Crippen molar-refractivity contribution in [2.45, 2.75) is 33.2 Å². The van der Waals surface area contributed by atoms with Gasteiger partial charge in [0.2, 0.25) is 0 Å². The summed E-state index contributed by atoms with van der Waals surface area (Å²) in [6.45, 7) is 5.77. The number of hydrogen-bond acceptors (Lipinski definition) is 10. The number of nitrogens with zero attached hydrogens (tertiary/aromatic N) is 1. The number of nitro groups is 1. The molecule has 1 atom stereocenters. The van der Waals surface area contributed by atoms with Crippen molar-refractivity contribution >= 4 is 29.4 Å². The number of thioether (sulfide) groups is 1. The first-order chi connectivity index (χ1) is 18.3. The number of rotatable bonds is 12. The van der Waals surface area contributed by atoms with E-state index in [-0.39, 0.29) is 35.8 Å². The Balaban J connectivity index is 1.95. The summed E-state index contributed by atoms with van der Waals surface area (Å²) in [6.07, 6.45) is 0. The van der Waals surface area contributed by atoms with Gasteiger partial charge in [0, 0.05) is 47.3 Å². The number of dihydropyridines is 1. The van der Waals surface area contributed by atoms with Crippen LogP contribution in [0.1, 0.15) is 37.8 Å². The van der Waals surface area contributed by atoms with Crippen molar-refractivity contribution in [3.05, 3.63) is 92.3 Å². The standard InChI is InChI=1S/C27H31N3O7S/c1-4-36-26(32)23-17(3)29-21(15-38-16-28-14-19-9-6-7-12-22(19)31)25(27(33)37-5-2)24(23)18-10-8-11-20(13-18)30(34)35/h6-13,24,28-29,31H,4-5,14-16H2,1-3H3. The van der Waals surface area contributed by atoms with Crippen LogP contribution in [0, 0.1) is 10.1 Å². The Hall–Kier alpha value is -3.83. The normalized spacial score (nSPS) is 15.2. The smallest absolute Gasteiger partial charge is 0.336 e. The molecule has 1 unspecified atom stereocenters. The average molecular weight is 542 g/mol. The number of nitrogens with one attached hydrogen (secondary N) is 2. The van der Waals surface area contributed by atoms with E-state index >= 15 is 0 Å². The Morgan fingerprint density at radius 1 is 1.08 bits per heavy atom. The van der Waals surface area contributed by atoms with E-state index in [0.717, 1.165) is 5.56 Å². The second-order valence-electron chi connectivity index (χ2n) is 8.33. The molecule has 3 rings (SSSR count). The van der Waals surface area contributed by atoms with E-state index in [1.165, 1.54) is 30.0 Å². The Bertz CT molecular complexity index is 1260. The number of para-hydroxylation sites is 1. The number of benzene rings is 2. The zero-order chi connectivity index (χ0) is 27.7. The molecule has 10 nitrogen and oxygen atoms in total. The molecule has 0 spiro atoms.